The molecule has 0 saturated heterocycles. The molecule has 0 aliphatic carbocycles. The zero-order valence-electron chi connectivity index (χ0n) is 11.5. The molecule has 1 aromatic heterocycles. The number of aromatic nitrogens is 2. The van der Waals surface area contributed by atoms with Crippen LogP contribution in [0, 0.1) is 6.92 Å². The maximum absolute atomic E-state index is 12.5. The number of aromatic amines is 1. The number of rotatable bonds is 4. The second-order valence-electron chi connectivity index (χ2n) is 4.31. The SMILES string of the molecule is Cc1ncc(S(=O)(=O)N(C)c2ccccc2/C(N)=N/O)[nH]1. The van der Waals surface area contributed by atoms with Crippen LogP contribution in [0.25, 0.3) is 0 Å². The Bertz CT molecular complexity index is 782. The van der Waals surface area contributed by atoms with Crippen molar-refractivity contribution in [3.05, 3.63) is 41.9 Å². The van der Waals surface area contributed by atoms with Crippen molar-refractivity contribution in [2.75, 3.05) is 11.4 Å². The lowest BCUT2D eigenvalue weighted by Gasteiger charge is -2.20. The van der Waals surface area contributed by atoms with E-state index in [9.17, 15) is 8.42 Å². The Hall–Kier alpha value is -2.55. The van der Waals surface area contributed by atoms with Crippen LogP contribution in [0.2, 0.25) is 0 Å². The number of sulfonamides is 1. The molecule has 0 amide bonds. The molecule has 1 aromatic carbocycles. The summed E-state index contributed by atoms with van der Waals surface area (Å²) in [6.45, 7) is 1.66. The van der Waals surface area contributed by atoms with Crippen LogP contribution < -0.4 is 10.0 Å². The number of benzene rings is 1. The molecule has 0 saturated carbocycles. The molecule has 2 aromatic rings. The van der Waals surface area contributed by atoms with Crippen LogP contribution in [0.1, 0.15) is 11.4 Å². The monoisotopic (exact) mass is 309 g/mol. The molecule has 0 unspecified atom stereocenters. The molecular weight excluding hydrogens is 294 g/mol. The van der Waals surface area contributed by atoms with Gasteiger partial charge in [-0.1, -0.05) is 17.3 Å². The van der Waals surface area contributed by atoms with Crippen LogP contribution in [0.5, 0.6) is 0 Å². The quantitative estimate of drug-likeness (QED) is 0.331. The molecule has 21 heavy (non-hydrogen) atoms. The summed E-state index contributed by atoms with van der Waals surface area (Å²) >= 11 is 0. The molecule has 4 N–H and O–H groups in total. The Labute approximate surface area is 122 Å². The molecule has 0 aliphatic heterocycles. The molecule has 0 fully saturated rings. The zero-order valence-corrected chi connectivity index (χ0v) is 12.3. The van der Waals surface area contributed by atoms with E-state index in [2.05, 4.69) is 15.1 Å². The summed E-state index contributed by atoms with van der Waals surface area (Å²) in [5.74, 6) is 0.320. The van der Waals surface area contributed by atoms with Crippen LogP contribution in [0.3, 0.4) is 0 Å². The summed E-state index contributed by atoms with van der Waals surface area (Å²) in [6.07, 6.45) is 1.24. The van der Waals surface area contributed by atoms with Gasteiger partial charge in [-0.05, 0) is 19.1 Å². The van der Waals surface area contributed by atoms with Crippen molar-refractivity contribution in [1.82, 2.24) is 9.97 Å². The Balaban J connectivity index is 2.53. The number of anilines is 1. The minimum Gasteiger partial charge on any atom is -0.409 e. The third-order valence-corrected chi connectivity index (χ3v) is 4.63. The molecule has 9 heteroatoms. The Morgan fingerprint density at radius 1 is 1.43 bits per heavy atom. The van der Waals surface area contributed by atoms with Gasteiger partial charge in [0.1, 0.15) is 5.82 Å². The lowest BCUT2D eigenvalue weighted by Crippen LogP contribution is -2.29. The largest absolute Gasteiger partial charge is 0.409 e. The molecule has 0 spiro atoms. The summed E-state index contributed by atoms with van der Waals surface area (Å²) in [6, 6.07) is 6.45. The van der Waals surface area contributed by atoms with Gasteiger partial charge in [0.25, 0.3) is 10.0 Å². The second-order valence-corrected chi connectivity index (χ2v) is 6.25. The molecule has 112 valence electrons. The molecule has 2 rings (SSSR count). The topological polar surface area (TPSA) is 125 Å². The van der Waals surface area contributed by atoms with Gasteiger partial charge in [0.15, 0.2) is 10.9 Å². The van der Waals surface area contributed by atoms with Crippen LogP contribution in [0.4, 0.5) is 5.69 Å². The highest BCUT2D eigenvalue weighted by Gasteiger charge is 2.25. The standard InChI is InChI=1S/C12H15N5O3S/c1-8-14-7-11(15-8)21(19,20)17(2)10-6-4-3-5-9(10)12(13)16-18/h3-7,18H,1-2H3,(H2,13,16)(H,14,15). The third-order valence-electron chi connectivity index (χ3n) is 2.94. The van der Waals surface area contributed by atoms with Gasteiger partial charge in [-0.3, -0.25) is 4.31 Å². The average molecular weight is 309 g/mol. The van der Waals surface area contributed by atoms with E-state index in [0.29, 0.717) is 17.1 Å². The summed E-state index contributed by atoms with van der Waals surface area (Å²) in [5.41, 5.74) is 6.18. The normalized spacial score (nSPS) is 12.4. The summed E-state index contributed by atoms with van der Waals surface area (Å²) in [7, 11) is -2.43. The van der Waals surface area contributed by atoms with Crippen LogP contribution in [-0.4, -0.2) is 36.5 Å². The number of para-hydroxylation sites is 1. The first-order chi connectivity index (χ1) is 9.87. The number of amidine groups is 1. The van der Waals surface area contributed by atoms with E-state index in [0.717, 1.165) is 4.31 Å². The number of hydrogen-bond donors (Lipinski definition) is 3. The predicted octanol–water partition coefficient (Wildman–Crippen LogP) is 0.638. The highest BCUT2D eigenvalue weighted by atomic mass is 32.2. The van der Waals surface area contributed by atoms with Gasteiger partial charge in [0.2, 0.25) is 0 Å². The van der Waals surface area contributed by atoms with Crippen LogP contribution in [-0.2, 0) is 10.0 Å². The molecule has 0 aliphatic rings. The predicted molar refractivity (Wildman–Crippen MR) is 77.9 cm³/mol. The molecule has 0 atom stereocenters. The Morgan fingerprint density at radius 2 is 2.10 bits per heavy atom. The number of aryl methyl sites for hydroxylation is 1. The summed E-state index contributed by atoms with van der Waals surface area (Å²) in [4.78, 5) is 6.56. The van der Waals surface area contributed by atoms with E-state index < -0.39 is 10.0 Å². The first kappa shape index (κ1) is 14.9. The molecule has 0 radical (unpaired) electrons. The van der Waals surface area contributed by atoms with Gasteiger partial charge in [0.05, 0.1) is 11.9 Å². The van der Waals surface area contributed by atoms with Gasteiger partial charge in [-0.2, -0.15) is 8.42 Å². The van der Waals surface area contributed by atoms with Gasteiger partial charge >= 0.3 is 0 Å². The molecule has 8 nitrogen and oxygen atoms in total. The van der Waals surface area contributed by atoms with Gasteiger partial charge < -0.3 is 15.9 Å². The first-order valence-corrected chi connectivity index (χ1v) is 7.39. The van der Waals surface area contributed by atoms with Crippen molar-refractivity contribution in [3.63, 3.8) is 0 Å². The van der Waals surface area contributed by atoms with Crippen molar-refractivity contribution in [3.8, 4) is 0 Å². The highest BCUT2D eigenvalue weighted by Crippen LogP contribution is 2.24. The van der Waals surface area contributed by atoms with E-state index in [1.165, 1.54) is 13.2 Å². The minimum atomic E-state index is -3.81. The van der Waals surface area contributed by atoms with Crippen molar-refractivity contribution in [2.24, 2.45) is 10.9 Å². The Morgan fingerprint density at radius 3 is 2.67 bits per heavy atom. The fourth-order valence-electron chi connectivity index (χ4n) is 1.83. The van der Waals surface area contributed by atoms with E-state index in [-0.39, 0.29) is 10.9 Å². The van der Waals surface area contributed by atoms with E-state index in [4.69, 9.17) is 10.9 Å². The number of imidazole rings is 1. The van der Waals surface area contributed by atoms with Crippen molar-refractivity contribution in [2.45, 2.75) is 11.9 Å². The first-order valence-electron chi connectivity index (χ1n) is 5.95. The van der Waals surface area contributed by atoms with E-state index in [1.807, 2.05) is 0 Å². The lowest BCUT2D eigenvalue weighted by molar-refractivity contribution is 0.318. The van der Waals surface area contributed by atoms with Crippen molar-refractivity contribution in [1.29, 1.82) is 0 Å². The molecular formula is C12H15N5O3S. The Kier molecular flexibility index (Phi) is 3.85. The lowest BCUT2D eigenvalue weighted by atomic mass is 10.1. The van der Waals surface area contributed by atoms with E-state index in [1.54, 1.807) is 31.2 Å². The maximum Gasteiger partial charge on any atom is 0.281 e. The number of hydrogen-bond acceptors (Lipinski definition) is 5. The minimum absolute atomic E-state index is 0.0307. The molecule has 1 heterocycles. The fourth-order valence-corrected chi connectivity index (χ4v) is 3.00. The number of oxime groups is 1. The number of nitrogens with one attached hydrogen (secondary N) is 1. The zero-order chi connectivity index (χ0) is 15.6. The van der Waals surface area contributed by atoms with Crippen molar-refractivity contribution >= 4 is 21.5 Å². The summed E-state index contributed by atoms with van der Waals surface area (Å²) < 4.78 is 26.1. The van der Waals surface area contributed by atoms with Gasteiger partial charge in [-0.25, -0.2) is 4.98 Å². The number of nitrogens with two attached hydrogens (primary N) is 1. The highest BCUT2D eigenvalue weighted by molar-refractivity contribution is 7.92. The second kappa shape index (κ2) is 5.44. The number of H-pyrrole nitrogens is 1. The third kappa shape index (κ3) is 2.68. The van der Waals surface area contributed by atoms with E-state index >= 15 is 0 Å². The van der Waals surface area contributed by atoms with Crippen molar-refractivity contribution < 1.29 is 13.6 Å². The number of nitrogens with zero attached hydrogens (tertiary/aromatic N) is 3. The maximum atomic E-state index is 12.5. The van der Waals surface area contributed by atoms with Gasteiger partial charge in [0, 0.05) is 12.6 Å². The average Bonchev–Trinajstić information content (AvgIpc) is 2.93. The van der Waals surface area contributed by atoms with Crippen LogP contribution >= 0.6 is 0 Å². The molecule has 0 bridgehead atoms. The van der Waals surface area contributed by atoms with Crippen LogP contribution in [0.15, 0.2) is 40.6 Å². The smallest absolute Gasteiger partial charge is 0.281 e. The fraction of sp³-hybridized carbons (Fsp3) is 0.167. The summed E-state index contributed by atoms with van der Waals surface area (Å²) in [5, 5.41) is 11.7. The van der Waals surface area contributed by atoms with Gasteiger partial charge in [-0.15, -0.1) is 0 Å².